The van der Waals surface area contributed by atoms with E-state index < -0.39 is 0 Å². The maximum Gasteiger partial charge on any atom is 0.258 e. The van der Waals surface area contributed by atoms with Crippen LogP contribution in [0.3, 0.4) is 0 Å². The normalized spacial score (nSPS) is 18.4. The molecule has 3 aromatic heterocycles. The van der Waals surface area contributed by atoms with Gasteiger partial charge >= 0.3 is 0 Å². The molecule has 0 saturated carbocycles. The van der Waals surface area contributed by atoms with E-state index in [0.29, 0.717) is 35.0 Å². The molecule has 1 saturated heterocycles. The minimum atomic E-state index is -0.244. The lowest BCUT2D eigenvalue weighted by molar-refractivity contribution is 0.0375. The van der Waals surface area contributed by atoms with Crippen molar-refractivity contribution < 1.29 is 9.53 Å². The van der Waals surface area contributed by atoms with Crippen LogP contribution in [0, 0.1) is 11.3 Å². The number of amides is 1. The first kappa shape index (κ1) is 19.7. The highest BCUT2D eigenvalue weighted by Gasteiger charge is 2.32. The second-order valence-corrected chi connectivity index (χ2v) is 7.64. The third kappa shape index (κ3) is 3.43. The zero-order valence-corrected chi connectivity index (χ0v) is 17.4. The van der Waals surface area contributed by atoms with Crippen molar-refractivity contribution in [3.05, 3.63) is 66.5 Å². The quantitative estimate of drug-likeness (QED) is 0.490. The Morgan fingerprint density at radius 3 is 2.78 bits per heavy atom. The number of piperidine rings is 1. The molecule has 4 heterocycles. The number of aromatic nitrogens is 6. The minimum absolute atomic E-state index is 0.0568. The zero-order chi connectivity index (χ0) is 22.1. The van der Waals surface area contributed by atoms with Crippen molar-refractivity contribution in [2.24, 2.45) is 0 Å². The number of carbonyl (C=O) groups excluding carboxylic acids is 1. The maximum absolute atomic E-state index is 13.5. The number of rotatable bonds is 4. The van der Waals surface area contributed by atoms with Gasteiger partial charge in [0.05, 0.1) is 36.4 Å². The number of nitriles is 1. The summed E-state index contributed by atoms with van der Waals surface area (Å²) in [5.41, 5.74) is 2.05. The summed E-state index contributed by atoms with van der Waals surface area (Å²) in [6.45, 7) is 2.45. The summed E-state index contributed by atoms with van der Waals surface area (Å²) >= 11 is 0. The van der Waals surface area contributed by atoms with Gasteiger partial charge in [0.15, 0.2) is 0 Å². The molecular weight excluding hydrogens is 408 g/mol. The Bertz CT molecular complexity index is 1310. The number of hydrogen-bond donors (Lipinski definition) is 0. The van der Waals surface area contributed by atoms with Gasteiger partial charge < -0.3 is 9.64 Å². The van der Waals surface area contributed by atoms with Crippen LogP contribution in [0.5, 0.6) is 5.88 Å². The van der Waals surface area contributed by atoms with Gasteiger partial charge in [0, 0.05) is 18.4 Å². The molecule has 0 N–H and O–H groups in total. The molecule has 10 nitrogen and oxygen atoms in total. The molecule has 0 spiro atoms. The Hall–Kier alpha value is -4.26. The summed E-state index contributed by atoms with van der Waals surface area (Å²) in [7, 11) is 0. The maximum atomic E-state index is 13.5. The van der Waals surface area contributed by atoms with E-state index in [1.54, 1.807) is 35.3 Å². The van der Waals surface area contributed by atoms with E-state index in [9.17, 15) is 10.1 Å². The second-order valence-electron chi connectivity index (χ2n) is 7.64. The van der Waals surface area contributed by atoms with Crippen molar-refractivity contribution in [2.45, 2.75) is 31.9 Å². The summed E-state index contributed by atoms with van der Waals surface area (Å²) in [6.07, 6.45) is 9.22. The summed E-state index contributed by atoms with van der Waals surface area (Å²) in [5, 5.41) is 17.6. The van der Waals surface area contributed by atoms with Gasteiger partial charge in [0.1, 0.15) is 17.9 Å². The van der Waals surface area contributed by atoms with Gasteiger partial charge in [-0.15, -0.1) is 0 Å². The SMILES string of the molecule is C[C@@H]1CC[C@@H](Oc2nccn3c(C#N)cnc23)CN1C(=O)c1ccccc1-n1nccn1. The van der Waals surface area contributed by atoms with Gasteiger partial charge in [-0.2, -0.15) is 20.3 Å². The molecular formula is C22H20N8O2. The van der Waals surface area contributed by atoms with Gasteiger partial charge in [-0.05, 0) is 31.9 Å². The number of hydrogen-bond acceptors (Lipinski definition) is 7. The van der Waals surface area contributed by atoms with E-state index in [1.807, 2.05) is 30.0 Å². The summed E-state index contributed by atoms with van der Waals surface area (Å²) in [6, 6.07) is 9.45. The molecule has 0 unspecified atom stereocenters. The van der Waals surface area contributed by atoms with Crippen LogP contribution in [0.2, 0.25) is 0 Å². The van der Waals surface area contributed by atoms with E-state index in [1.165, 1.54) is 11.0 Å². The summed E-state index contributed by atoms with van der Waals surface area (Å²) in [4.78, 5) is 25.4. The molecule has 1 aliphatic heterocycles. The molecule has 4 aromatic rings. The van der Waals surface area contributed by atoms with Gasteiger partial charge in [0.25, 0.3) is 11.8 Å². The predicted molar refractivity (Wildman–Crippen MR) is 113 cm³/mol. The predicted octanol–water partition coefficient (Wildman–Crippen LogP) is 2.25. The molecule has 1 aliphatic rings. The minimum Gasteiger partial charge on any atom is -0.470 e. The lowest BCUT2D eigenvalue weighted by Crippen LogP contribution is -2.49. The Labute approximate surface area is 183 Å². The smallest absolute Gasteiger partial charge is 0.258 e. The lowest BCUT2D eigenvalue weighted by atomic mass is 9.99. The van der Waals surface area contributed by atoms with E-state index in [0.717, 1.165) is 12.8 Å². The number of benzene rings is 1. The van der Waals surface area contributed by atoms with Crippen LogP contribution >= 0.6 is 0 Å². The van der Waals surface area contributed by atoms with Crippen LogP contribution < -0.4 is 4.74 Å². The van der Waals surface area contributed by atoms with E-state index >= 15 is 0 Å². The monoisotopic (exact) mass is 428 g/mol. The topological polar surface area (TPSA) is 114 Å². The highest BCUT2D eigenvalue weighted by molar-refractivity contribution is 5.98. The van der Waals surface area contributed by atoms with Crippen LogP contribution in [-0.2, 0) is 0 Å². The number of imidazole rings is 1. The lowest BCUT2D eigenvalue weighted by Gasteiger charge is -2.38. The van der Waals surface area contributed by atoms with Gasteiger partial charge in [0.2, 0.25) is 5.65 Å². The van der Waals surface area contributed by atoms with Crippen LogP contribution in [0.15, 0.2) is 55.2 Å². The fourth-order valence-corrected chi connectivity index (χ4v) is 4.00. The molecule has 1 aromatic carbocycles. The fraction of sp³-hybridized carbons (Fsp3) is 0.273. The Morgan fingerprint density at radius 1 is 1.16 bits per heavy atom. The Kier molecular flexibility index (Phi) is 4.99. The number of likely N-dealkylation sites (tertiary alicyclic amines) is 1. The van der Waals surface area contributed by atoms with Crippen LogP contribution in [0.4, 0.5) is 0 Å². The van der Waals surface area contributed by atoms with Crippen LogP contribution in [-0.4, -0.2) is 58.9 Å². The number of carbonyl (C=O) groups is 1. The number of nitrogens with zero attached hydrogens (tertiary/aromatic N) is 8. The molecule has 1 amide bonds. The van der Waals surface area contributed by atoms with E-state index in [4.69, 9.17) is 4.74 Å². The molecule has 32 heavy (non-hydrogen) atoms. The molecule has 0 bridgehead atoms. The van der Waals surface area contributed by atoms with Crippen molar-refractivity contribution in [2.75, 3.05) is 6.54 Å². The standard InChI is InChI=1S/C22H20N8O2/c1-15-6-7-17(32-21-20-25-13-16(12-23)28(20)11-10-24-21)14-29(15)22(31)18-4-2-3-5-19(18)30-26-8-9-27-30/h2-5,8-11,13,15,17H,6-7,14H2,1H3/t15-,17-/m1/s1. The average Bonchev–Trinajstić information content (AvgIpc) is 3.50. The summed E-state index contributed by atoms with van der Waals surface area (Å²) in [5.74, 6) is 0.250. The molecule has 0 radical (unpaired) electrons. The average molecular weight is 428 g/mol. The second kappa shape index (κ2) is 8.11. The van der Waals surface area contributed by atoms with Crippen LogP contribution in [0.1, 0.15) is 35.8 Å². The summed E-state index contributed by atoms with van der Waals surface area (Å²) < 4.78 is 7.81. The van der Waals surface area contributed by atoms with Crippen LogP contribution in [0.25, 0.3) is 11.3 Å². The zero-order valence-electron chi connectivity index (χ0n) is 17.4. The molecule has 10 heteroatoms. The van der Waals surface area contributed by atoms with Crippen molar-refractivity contribution >= 4 is 11.6 Å². The Morgan fingerprint density at radius 2 is 1.97 bits per heavy atom. The number of ether oxygens (including phenoxy) is 1. The first-order valence-electron chi connectivity index (χ1n) is 10.3. The largest absolute Gasteiger partial charge is 0.470 e. The molecule has 0 aliphatic carbocycles. The van der Waals surface area contributed by atoms with Gasteiger partial charge in [-0.3, -0.25) is 9.20 Å². The van der Waals surface area contributed by atoms with Crippen molar-refractivity contribution in [1.82, 2.24) is 34.3 Å². The molecule has 1 fully saturated rings. The first-order chi connectivity index (χ1) is 15.7. The van der Waals surface area contributed by atoms with Gasteiger partial charge in [-0.1, -0.05) is 12.1 Å². The van der Waals surface area contributed by atoms with Gasteiger partial charge in [-0.25, -0.2) is 9.97 Å². The highest BCUT2D eigenvalue weighted by atomic mass is 16.5. The van der Waals surface area contributed by atoms with E-state index in [-0.39, 0.29) is 18.1 Å². The molecule has 160 valence electrons. The number of para-hydroxylation sites is 1. The van der Waals surface area contributed by atoms with Crippen molar-refractivity contribution in [1.29, 1.82) is 5.26 Å². The van der Waals surface area contributed by atoms with Crippen molar-refractivity contribution in [3.63, 3.8) is 0 Å². The Balaban J connectivity index is 1.40. The molecule has 2 atom stereocenters. The van der Waals surface area contributed by atoms with E-state index in [2.05, 4.69) is 26.2 Å². The first-order valence-corrected chi connectivity index (χ1v) is 10.3. The number of fused-ring (bicyclic) bond motifs is 1. The third-order valence-electron chi connectivity index (χ3n) is 5.66. The fourth-order valence-electron chi connectivity index (χ4n) is 4.00. The van der Waals surface area contributed by atoms with Crippen molar-refractivity contribution in [3.8, 4) is 17.6 Å². The molecule has 5 rings (SSSR count). The third-order valence-corrected chi connectivity index (χ3v) is 5.66. The highest BCUT2D eigenvalue weighted by Crippen LogP contribution is 2.26.